The molecule has 1 unspecified atom stereocenters. The quantitative estimate of drug-likeness (QED) is 0.752. The molecule has 0 aromatic heterocycles. The number of rotatable bonds is 5. The average Bonchev–Trinajstić information content (AvgIpc) is 2.66. The first kappa shape index (κ1) is 13.0. The van der Waals surface area contributed by atoms with Crippen molar-refractivity contribution in [1.82, 2.24) is 5.32 Å². The van der Waals surface area contributed by atoms with Crippen LogP contribution in [0.25, 0.3) is 0 Å². The summed E-state index contributed by atoms with van der Waals surface area (Å²) in [6, 6.07) is 0.0629. The molecular formula is C12H21NO3. The zero-order valence-electron chi connectivity index (χ0n) is 10.0. The van der Waals surface area contributed by atoms with Crippen molar-refractivity contribution in [3.63, 3.8) is 0 Å². The van der Waals surface area contributed by atoms with Gasteiger partial charge in [0.2, 0.25) is 5.91 Å². The van der Waals surface area contributed by atoms with Gasteiger partial charge in [-0.3, -0.25) is 9.59 Å². The number of carboxylic acid groups (broad SMARTS) is 1. The normalized spacial score (nSPS) is 26.4. The minimum Gasteiger partial charge on any atom is -0.481 e. The lowest BCUT2D eigenvalue weighted by Crippen LogP contribution is -2.36. The molecule has 0 aromatic carbocycles. The van der Waals surface area contributed by atoms with Crippen LogP contribution in [-0.2, 0) is 9.59 Å². The monoisotopic (exact) mass is 227 g/mol. The fraction of sp³-hybridized carbons (Fsp3) is 0.833. The van der Waals surface area contributed by atoms with E-state index in [0.717, 1.165) is 19.3 Å². The van der Waals surface area contributed by atoms with Crippen LogP contribution >= 0.6 is 0 Å². The van der Waals surface area contributed by atoms with Gasteiger partial charge in [-0.25, -0.2) is 0 Å². The van der Waals surface area contributed by atoms with E-state index in [4.69, 9.17) is 5.11 Å². The maximum Gasteiger partial charge on any atom is 0.306 e. The van der Waals surface area contributed by atoms with Crippen LogP contribution in [0.15, 0.2) is 0 Å². The lowest BCUT2D eigenvalue weighted by molar-refractivity contribution is -0.141. The molecule has 2 N–H and O–H groups in total. The van der Waals surface area contributed by atoms with Crippen LogP contribution in [0.2, 0.25) is 0 Å². The van der Waals surface area contributed by atoms with Crippen molar-refractivity contribution in [3.05, 3.63) is 0 Å². The van der Waals surface area contributed by atoms with Gasteiger partial charge in [0.1, 0.15) is 0 Å². The van der Waals surface area contributed by atoms with Crippen molar-refractivity contribution < 1.29 is 14.7 Å². The minimum atomic E-state index is -0.738. The van der Waals surface area contributed by atoms with Crippen LogP contribution in [-0.4, -0.2) is 23.0 Å². The summed E-state index contributed by atoms with van der Waals surface area (Å²) < 4.78 is 0. The van der Waals surface area contributed by atoms with Crippen LogP contribution in [0.5, 0.6) is 0 Å². The number of aliphatic carboxylic acids is 1. The second kappa shape index (κ2) is 5.87. The number of nitrogens with one attached hydrogen (secondary N) is 1. The third-order valence-electron chi connectivity index (χ3n) is 3.30. The summed E-state index contributed by atoms with van der Waals surface area (Å²) in [5, 5.41) is 11.8. The lowest BCUT2D eigenvalue weighted by atomic mass is 10.0. The highest BCUT2D eigenvalue weighted by Crippen LogP contribution is 2.25. The lowest BCUT2D eigenvalue weighted by Gasteiger charge is -2.16. The van der Waals surface area contributed by atoms with Crippen molar-refractivity contribution >= 4 is 11.9 Å². The maximum atomic E-state index is 11.7. The van der Waals surface area contributed by atoms with Gasteiger partial charge in [0, 0.05) is 12.0 Å². The van der Waals surface area contributed by atoms with Gasteiger partial charge < -0.3 is 10.4 Å². The number of carbonyl (C=O) groups is 2. The second-order valence-electron chi connectivity index (χ2n) is 4.74. The summed E-state index contributed by atoms with van der Waals surface area (Å²) >= 11 is 0. The van der Waals surface area contributed by atoms with Gasteiger partial charge in [0.15, 0.2) is 0 Å². The van der Waals surface area contributed by atoms with Gasteiger partial charge in [0.05, 0.1) is 5.92 Å². The summed E-state index contributed by atoms with van der Waals surface area (Å²) in [6.45, 7) is 3.97. The van der Waals surface area contributed by atoms with Gasteiger partial charge in [-0.1, -0.05) is 20.3 Å². The molecule has 1 aliphatic rings. The molecule has 92 valence electrons. The first-order valence-electron chi connectivity index (χ1n) is 6.07. The molecule has 3 atom stereocenters. The Morgan fingerprint density at radius 3 is 2.62 bits per heavy atom. The second-order valence-corrected chi connectivity index (χ2v) is 4.74. The molecule has 4 heteroatoms. The molecule has 16 heavy (non-hydrogen) atoms. The number of hydrogen-bond acceptors (Lipinski definition) is 2. The Morgan fingerprint density at radius 1 is 1.44 bits per heavy atom. The van der Waals surface area contributed by atoms with Crippen molar-refractivity contribution in [2.24, 2.45) is 11.8 Å². The standard InChI is InChI=1S/C12H21NO3/c1-3-4-8(2)11(14)13-10-6-5-9(7-10)12(15)16/h8-10H,3-7H2,1-2H3,(H,13,14)(H,15,16)/t8?,9-,10+/m0/s1. The molecule has 0 bridgehead atoms. The van der Waals surface area contributed by atoms with Crippen LogP contribution in [0.1, 0.15) is 46.0 Å². The van der Waals surface area contributed by atoms with E-state index in [1.165, 1.54) is 0 Å². The Morgan fingerprint density at radius 2 is 2.12 bits per heavy atom. The van der Waals surface area contributed by atoms with Gasteiger partial charge in [0.25, 0.3) is 0 Å². The molecule has 1 fully saturated rings. The molecule has 0 heterocycles. The van der Waals surface area contributed by atoms with Crippen LogP contribution in [0.4, 0.5) is 0 Å². The number of hydrogen-bond donors (Lipinski definition) is 2. The molecule has 1 aliphatic carbocycles. The van der Waals surface area contributed by atoms with E-state index in [9.17, 15) is 9.59 Å². The Hall–Kier alpha value is -1.06. The zero-order chi connectivity index (χ0) is 12.1. The number of carboxylic acids is 1. The Labute approximate surface area is 96.4 Å². The van der Waals surface area contributed by atoms with Crippen LogP contribution in [0.3, 0.4) is 0 Å². The smallest absolute Gasteiger partial charge is 0.306 e. The first-order valence-corrected chi connectivity index (χ1v) is 6.07. The average molecular weight is 227 g/mol. The van der Waals surface area contributed by atoms with Gasteiger partial charge in [-0.05, 0) is 25.7 Å². The molecule has 0 spiro atoms. The van der Waals surface area contributed by atoms with E-state index in [0.29, 0.717) is 12.8 Å². The van der Waals surface area contributed by atoms with Crippen molar-refractivity contribution in [3.8, 4) is 0 Å². The van der Waals surface area contributed by atoms with Gasteiger partial charge in [-0.2, -0.15) is 0 Å². The minimum absolute atomic E-state index is 0.0360. The number of carbonyl (C=O) groups excluding carboxylic acids is 1. The largest absolute Gasteiger partial charge is 0.481 e. The maximum absolute atomic E-state index is 11.7. The highest BCUT2D eigenvalue weighted by atomic mass is 16.4. The molecule has 1 amide bonds. The molecule has 1 rings (SSSR count). The SMILES string of the molecule is CCCC(C)C(=O)N[C@@H]1CC[C@H](C(=O)O)C1. The molecule has 1 saturated carbocycles. The predicted molar refractivity (Wildman–Crippen MR) is 61.0 cm³/mol. The molecular weight excluding hydrogens is 206 g/mol. The fourth-order valence-electron chi connectivity index (χ4n) is 2.24. The van der Waals surface area contributed by atoms with Crippen molar-refractivity contribution in [1.29, 1.82) is 0 Å². The first-order chi connectivity index (χ1) is 7.54. The van der Waals surface area contributed by atoms with Crippen molar-refractivity contribution in [2.75, 3.05) is 0 Å². The molecule has 0 aliphatic heterocycles. The van der Waals surface area contributed by atoms with E-state index >= 15 is 0 Å². The third-order valence-corrected chi connectivity index (χ3v) is 3.30. The summed E-state index contributed by atoms with van der Waals surface area (Å²) in [7, 11) is 0. The summed E-state index contributed by atoms with van der Waals surface area (Å²) in [4.78, 5) is 22.5. The summed E-state index contributed by atoms with van der Waals surface area (Å²) in [6.07, 6.45) is 3.95. The van der Waals surface area contributed by atoms with E-state index in [1.54, 1.807) is 0 Å². The third kappa shape index (κ3) is 3.51. The van der Waals surface area contributed by atoms with Gasteiger partial charge >= 0.3 is 5.97 Å². The molecule has 0 radical (unpaired) electrons. The van der Waals surface area contributed by atoms with E-state index < -0.39 is 5.97 Å². The topological polar surface area (TPSA) is 66.4 Å². The highest BCUT2D eigenvalue weighted by molar-refractivity contribution is 5.78. The summed E-state index contributed by atoms with van der Waals surface area (Å²) in [5.74, 6) is -0.906. The Balaban J connectivity index is 2.33. The van der Waals surface area contributed by atoms with Crippen LogP contribution < -0.4 is 5.32 Å². The van der Waals surface area contributed by atoms with E-state index in [2.05, 4.69) is 12.2 Å². The Bertz CT molecular complexity index is 265. The molecule has 4 nitrogen and oxygen atoms in total. The van der Waals surface area contributed by atoms with Crippen LogP contribution in [0, 0.1) is 11.8 Å². The fourth-order valence-corrected chi connectivity index (χ4v) is 2.24. The zero-order valence-corrected chi connectivity index (χ0v) is 10.0. The molecule has 0 saturated heterocycles. The van der Waals surface area contributed by atoms with Gasteiger partial charge in [-0.15, -0.1) is 0 Å². The Kier molecular flexibility index (Phi) is 4.77. The number of amides is 1. The highest BCUT2D eigenvalue weighted by Gasteiger charge is 2.31. The van der Waals surface area contributed by atoms with E-state index in [1.807, 2.05) is 6.92 Å². The van der Waals surface area contributed by atoms with E-state index in [-0.39, 0.29) is 23.8 Å². The van der Waals surface area contributed by atoms with Crippen molar-refractivity contribution in [2.45, 2.75) is 52.0 Å². The molecule has 0 aromatic rings. The predicted octanol–water partition coefficient (Wildman–Crippen LogP) is 1.79. The summed E-state index contributed by atoms with van der Waals surface area (Å²) in [5.41, 5.74) is 0.